The Kier molecular flexibility index (Phi) is 7.07. The van der Waals surface area contributed by atoms with Gasteiger partial charge in [-0.15, -0.1) is 11.3 Å². The Morgan fingerprint density at radius 3 is 2.30 bits per heavy atom. The fourth-order valence-corrected chi connectivity index (χ4v) is 2.97. The van der Waals surface area contributed by atoms with Crippen LogP contribution in [-0.4, -0.2) is 31.1 Å². The van der Waals surface area contributed by atoms with Crippen LogP contribution in [0.5, 0.6) is 0 Å². The van der Waals surface area contributed by atoms with Gasteiger partial charge >= 0.3 is 0 Å². The standard InChI is InChI=1S/C18H26N4S/c1-4-15-5-7-16(8-6-15)9-11-20-18(19-3)21-12-10-17-13-23-14(2)22-17/h5-8,13H,4,9-12H2,1-3H3,(H2,19,20,21). The lowest BCUT2D eigenvalue weighted by Gasteiger charge is -2.11. The molecule has 0 bridgehead atoms. The lowest BCUT2D eigenvalue weighted by molar-refractivity contribution is 0.777. The zero-order valence-electron chi connectivity index (χ0n) is 14.2. The van der Waals surface area contributed by atoms with Crippen molar-refractivity contribution in [1.82, 2.24) is 15.6 Å². The van der Waals surface area contributed by atoms with E-state index in [0.29, 0.717) is 0 Å². The summed E-state index contributed by atoms with van der Waals surface area (Å²) >= 11 is 1.70. The topological polar surface area (TPSA) is 49.3 Å². The Morgan fingerprint density at radius 1 is 1.09 bits per heavy atom. The van der Waals surface area contributed by atoms with Crippen molar-refractivity contribution in [2.24, 2.45) is 4.99 Å². The minimum Gasteiger partial charge on any atom is -0.356 e. The number of aromatic nitrogens is 1. The summed E-state index contributed by atoms with van der Waals surface area (Å²) in [7, 11) is 1.80. The zero-order chi connectivity index (χ0) is 16.5. The maximum atomic E-state index is 4.47. The smallest absolute Gasteiger partial charge is 0.190 e. The zero-order valence-corrected chi connectivity index (χ0v) is 15.0. The van der Waals surface area contributed by atoms with Gasteiger partial charge in [-0.05, 0) is 30.9 Å². The van der Waals surface area contributed by atoms with E-state index in [2.05, 4.69) is 57.2 Å². The first-order valence-corrected chi connectivity index (χ1v) is 9.02. The molecule has 2 rings (SSSR count). The van der Waals surface area contributed by atoms with E-state index in [-0.39, 0.29) is 0 Å². The summed E-state index contributed by atoms with van der Waals surface area (Å²) in [5.41, 5.74) is 3.88. The van der Waals surface area contributed by atoms with Gasteiger partial charge in [-0.25, -0.2) is 4.98 Å². The molecule has 5 heteroatoms. The second kappa shape index (κ2) is 9.30. The van der Waals surface area contributed by atoms with Crippen LogP contribution in [0.2, 0.25) is 0 Å². The van der Waals surface area contributed by atoms with E-state index >= 15 is 0 Å². The van der Waals surface area contributed by atoms with Crippen molar-refractivity contribution >= 4 is 17.3 Å². The third kappa shape index (κ3) is 6.02. The number of hydrogen-bond donors (Lipinski definition) is 2. The third-order valence-corrected chi connectivity index (χ3v) is 4.52. The van der Waals surface area contributed by atoms with Gasteiger partial charge in [0, 0.05) is 31.9 Å². The van der Waals surface area contributed by atoms with Crippen molar-refractivity contribution in [3.63, 3.8) is 0 Å². The van der Waals surface area contributed by atoms with Gasteiger partial charge < -0.3 is 10.6 Å². The number of benzene rings is 1. The molecule has 2 aromatic rings. The predicted octanol–water partition coefficient (Wildman–Crippen LogP) is 2.96. The Morgan fingerprint density at radius 2 is 1.74 bits per heavy atom. The van der Waals surface area contributed by atoms with Gasteiger partial charge in [0.2, 0.25) is 0 Å². The number of guanidine groups is 1. The maximum absolute atomic E-state index is 4.47. The van der Waals surface area contributed by atoms with Crippen LogP contribution in [0.4, 0.5) is 0 Å². The second-order valence-corrected chi connectivity index (χ2v) is 6.52. The monoisotopic (exact) mass is 330 g/mol. The summed E-state index contributed by atoms with van der Waals surface area (Å²) in [5, 5.41) is 9.93. The van der Waals surface area contributed by atoms with Gasteiger partial charge in [0.25, 0.3) is 0 Å². The molecule has 0 saturated heterocycles. The van der Waals surface area contributed by atoms with Gasteiger partial charge in [-0.1, -0.05) is 31.2 Å². The van der Waals surface area contributed by atoms with Gasteiger partial charge in [0.15, 0.2) is 5.96 Å². The highest BCUT2D eigenvalue weighted by atomic mass is 32.1. The van der Waals surface area contributed by atoms with E-state index in [1.54, 1.807) is 18.4 Å². The minimum atomic E-state index is 0.841. The molecule has 1 aromatic carbocycles. The average Bonchev–Trinajstić information content (AvgIpc) is 2.99. The third-order valence-electron chi connectivity index (χ3n) is 3.70. The molecular formula is C18H26N4S. The molecule has 0 saturated carbocycles. The fraction of sp³-hybridized carbons (Fsp3) is 0.444. The second-order valence-electron chi connectivity index (χ2n) is 5.45. The quantitative estimate of drug-likeness (QED) is 0.606. The first kappa shape index (κ1) is 17.5. The average molecular weight is 331 g/mol. The SMILES string of the molecule is CCc1ccc(CCNC(=NC)NCCc2csc(C)n2)cc1. The number of hydrogen-bond acceptors (Lipinski definition) is 3. The summed E-state index contributed by atoms with van der Waals surface area (Å²) < 4.78 is 0. The van der Waals surface area contributed by atoms with E-state index in [9.17, 15) is 0 Å². The summed E-state index contributed by atoms with van der Waals surface area (Å²) in [6.07, 6.45) is 3.01. The van der Waals surface area contributed by atoms with E-state index in [1.807, 2.05) is 6.92 Å². The van der Waals surface area contributed by atoms with Gasteiger partial charge in [0.1, 0.15) is 0 Å². The van der Waals surface area contributed by atoms with Crippen LogP contribution >= 0.6 is 11.3 Å². The summed E-state index contributed by atoms with van der Waals surface area (Å²) in [6, 6.07) is 8.83. The van der Waals surface area contributed by atoms with Crippen molar-refractivity contribution in [3.05, 3.63) is 51.5 Å². The van der Waals surface area contributed by atoms with Crippen molar-refractivity contribution in [3.8, 4) is 0 Å². The Hall–Kier alpha value is -1.88. The predicted molar refractivity (Wildman–Crippen MR) is 99.4 cm³/mol. The number of nitrogens with one attached hydrogen (secondary N) is 2. The molecule has 4 nitrogen and oxygen atoms in total. The lowest BCUT2D eigenvalue weighted by atomic mass is 10.1. The molecule has 124 valence electrons. The van der Waals surface area contributed by atoms with Gasteiger partial charge in [-0.3, -0.25) is 4.99 Å². The number of rotatable bonds is 7. The summed E-state index contributed by atoms with van der Waals surface area (Å²) in [6.45, 7) is 5.93. The molecule has 0 aliphatic rings. The molecule has 0 aliphatic carbocycles. The molecule has 0 unspecified atom stereocenters. The molecule has 23 heavy (non-hydrogen) atoms. The van der Waals surface area contributed by atoms with E-state index in [0.717, 1.165) is 49.0 Å². The molecule has 1 aromatic heterocycles. The van der Waals surface area contributed by atoms with E-state index in [1.165, 1.54) is 11.1 Å². The van der Waals surface area contributed by atoms with Crippen LogP contribution in [0.25, 0.3) is 0 Å². The Bertz CT molecular complexity index is 616. The molecule has 0 atom stereocenters. The molecule has 0 radical (unpaired) electrons. The van der Waals surface area contributed by atoms with E-state index < -0.39 is 0 Å². The summed E-state index contributed by atoms with van der Waals surface area (Å²) in [5.74, 6) is 0.849. The van der Waals surface area contributed by atoms with Crippen LogP contribution in [-0.2, 0) is 19.3 Å². The Labute approximate surface area is 143 Å². The normalized spacial score (nSPS) is 11.5. The first-order valence-electron chi connectivity index (χ1n) is 8.14. The largest absolute Gasteiger partial charge is 0.356 e. The highest BCUT2D eigenvalue weighted by Gasteiger charge is 2.01. The number of aliphatic imine (C=N–C) groups is 1. The van der Waals surface area contributed by atoms with E-state index in [4.69, 9.17) is 0 Å². The van der Waals surface area contributed by atoms with Gasteiger partial charge in [-0.2, -0.15) is 0 Å². The minimum absolute atomic E-state index is 0.841. The van der Waals surface area contributed by atoms with Gasteiger partial charge in [0.05, 0.1) is 10.7 Å². The van der Waals surface area contributed by atoms with Crippen molar-refractivity contribution in [2.45, 2.75) is 33.1 Å². The van der Waals surface area contributed by atoms with Crippen molar-refractivity contribution in [2.75, 3.05) is 20.1 Å². The number of nitrogens with zero attached hydrogens (tertiary/aromatic N) is 2. The molecule has 0 aliphatic heterocycles. The highest BCUT2D eigenvalue weighted by Crippen LogP contribution is 2.07. The van der Waals surface area contributed by atoms with Crippen LogP contribution in [0.3, 0.4) is 0 Å². The first-order chi connectivity index (χ1) is 11.2. The van der Waals surface area contributed by atoms with Crippen molar-refractivity contribution in [1.29, 1.82) is 0 Å². The summed E-state index contributed by atoms with van der Waals surface area (Å²) in [4.78, 5) is 8.73. The maximum Gasteiger partial charge on any atom is 0.190 e. The van der Waals surface area contributed by atoms with Crippen molar-refractivity contribution < 1.29 is 0 Å². The van der Waals surface area contributed by atoms with Crippen LogP contribution in [0.1, 0.15) is 28.8 Å². The van der Waals surface area contributed by atoms with Crippen LogP contribution < -0.4 is 10.6 Å². The Balaban J connectivity index is 1.68. The number of aryl methyl sites for hydroxylation is 2. The fourth-order valence-electron chi connectivity index (χ4n) is 2.32. The van der Waals surface area contributed by atoms with Crippen LogP contribution in [0.15, 0.2) is 34.6 Å². The molecule has 2 N–H and O–H groups in total. The lowest BCUT2D eigenvalue weighted by Crippen LogP contribution is -2.39. The molecule has 0 spiro atoms. The molecule has 0 amide bonds. The molecule has 1 heterocycles. The molecule has 0 fully saturated rings. The highest BCUT2D eigenvalue weighted by molar-refractivity contribution is 7.09. The number of thiazole rings is 1. The van der Waals surface area contributed by atoms with Crippen LogP contribution in [0, 0.1) is 6.92 Å². The molecular weight excluding hydrogens is 304 g/mol.